The zero-order valence-electron chi connectivity index (χ0n) is 20.2. The second-order valence-corrected chi connectivity index (χ2v) is 9.12. The number of carbonyl (C=O) groups excluding carboxylic acids is 2. The Morgan fingerprint density at radius 2 is 1.84 bits per heavy atom. The number of anilines is 1. The Morgan fingerprint density at radius 3 is 2.50 bits per heavy atom. The smallest absolute Gasteiger partial charge is 0.227 e. The van der Waals surface area contributed by atoms with Gasteiger partial charge < -0.3 is 14.7 Å². The third kappa shape index (κ3) is 5.84. The molecule has 1 aliphatic heterocycles. The monoisotopic (exact) mass is 437 g/mol. The average molecular weight is 438 g/mol. The molecule has 0 spiro atoms. The van der Waals surface area contributed by atoms with E-state index in [2.05, 4.69) is 26.0 Å². The van der Waals surface area contributed by atoms with E-state index in [9.17, 15) is 9.59 Å². The molecule has 0 bridgehead atoms. The number of piperidine rings is 1. The van der Waals surface area contributed by atoms with Gasteiger partial charge in [0.15, 0.2) is 0 Å². The summed E-state index contributed by atoms with van der Waals surface area (Å²) < 4.78 is 0. The van der Waals surface area contributed by atoms with Gasteiger partial charge in [0, 0.05) is 53.1 Å². The zero-order chi connectivity index (χ0) is 23.4. The molecule has 3 rings (SSSR count). The summed E-state index contributed by atoms with van der Waals surface area (Å²) in [5.41, 5.74) is 4.26. The number of carbonyl (C=O) groups is 2. The molecule has 0 aliphatic carbocycles. The van der Waals surface area contributed by atoms with Crippen LogP contribution in [0.25, 0.3) is 0 Å². The molecule has 0 saturated carbocycles. The number of likely N-dealkylation sites (N-methyl/N-ethyl adjacent to an activating group) is 1. The fourth-order valence-corrected chi connectivity index (χ4v) is 4.02. The van der Waals surface area contributed by atoms with E-state index in [1.165, 1.54) is 11.1 Å². The van der Waals surface area contributed by atoms with Gasteiger partial charge in [0.05, 0.1) is 18.7 Å². The topological polar surface area (TPSA) is 69.6 Å². The van der Waals surface area contributed by atoms with E-state index >= 15 is 0 Å². The number of hydrogen-bond acceptors (Lipinski definition) is 5. The van der Waals surface area contributed by atoms with Crippen molar-refractivity contribution in [2.75, 3.05) is 39.1 Å². The predicted molar refractivity (Wildman–Crippen MR) is 127 cm³/mol. The molecule has 2 heterocycles. The second-order valence-electron chi connectivity index (χ2n) is 9.12. The van der Waals surface area contributed by atoms with E-state index in [1.807, 2.05) is 43.1 Å². The molecular formula is C25H35N5O2. The minimum Gasteiger partial charge on any atom is -0.363 e. The van der Waals surface area contributed by atoms with Gasteiger partial charge in [0.2, 0.25) is 11.8 Å². The van der Waals surface area contributed by atoms with Gasteiger partial charge in [-0.1, -0.05) is 18.2 Å². The van der Waals surface area contributed by atoms with Crippen LogP contribution in [0, 0.1) is 13.8 Å². The second kappa shape index (κ2) is 10.1. The zero-order valence-corrected chi connectivity index (χ0v) is 20.2. The molecular weight excluding hydrogens is 402 g/mol. The number of rotatable bonds is 6. The number of benzene rings is 1. The predicted octanol–water partition coefficient (Wildman–Crippen LogP) is 3.09. The van der Waals surface area contributed by atoms with Gasteiger partial charge >= 0.3 is 0 Å². The molecule has 2 aromatic rings. The Bertz CT molecular complexity index is 988. The fraction of sp³-hybridized carbons (Fsp3) is 0.520. The number of amides is 2. The average Bonchev–Trinajstić information content (AvgIpc) is 2.76. The van der Waals surface area contributed by atoms with Crippen molar-refractivity contribution in [2.45, 2.75) is 52.5 Å². The summed E-state index contributed by atoms with van der Waals surface area (Å²) in [6.45, 7) is 7.61. The molecule has 0 N–H and O–H groups in total. The third-order valence-corrected chi connectivity index (χ3v) is 6.22. The Labute approximate surface area is 191 Å². The molecule has 1 aliphatic rings. The number of hydrogen-bond donors (Lipinski definition) is 0. The molecule has 1 aromatic carbocycles. The van der Waals surface area contributed by atoms with Gasteiger partial charge in [-0.3, -0.25) is 9.59 Å². The summed E-state index contributed by atoms with van der Waals surface area (Å²) >= 11 is 0. The first-order valence-corrected chi connectivity index (χ1v) is 11.2. The third-order valence-electron chi connectivity index (χ3n) is 6.22. The first-order chi connectivity index (χ1) is 15.1. The maximum Gasteiger partial charge on any atom is 0.227 e. The molecule has 0 unspecified atom stereocenters. The fourth-order valence-electron chi connectivity index (χ4n) is 4.02. The van der Waals surface area contributed by atoms with Crippen LogP contribution in [0.2, 0.25) is 0 Å². The first kappa shape index (κ1) is 23.7. The Kier molecular flexibility index (Phi) is 7.48. The number of aryl methyl sites for hydroxylation is 2. The van der Waals surface area contributed by atoms with Crippen LogP contribution in [-0.4, -0.2) is 65.8 Å². The highest BCUT2D eigenvalue weighted by atomic mass is 16.2. The lowest BCUT2D eigenvalue weighted by molar-refractivity contribution is -0.130. The normalized spacial score (nSPS) is 16.1. The highest BCUT2D eigenvalue weighted by molar-refractivity contribution is 5.78. The first-order valence-electron chi connectivity index (χ1n) is 11.2. The highest BCUT2D eigenvalue weighted by Crippen LogP contribution is 2.26. The molecule has 1 saturated heterocycles. The molecule has 172 valence electrons. The van der Waals surface area contributed by atoms with E-state index in [4.69, 9.17) is 9.97 Å². The van der Waals surface area contributed by atoms with Crippen molar-refractivity contribution in [3.8, 4) is 0 Å². The van der Waals surface area contributed by atoms with Crippen molar-refractivity contribution in [2.24, 2.45) is 0 Å². The van der Waals surface area contributed by atoms with Crippen LogP contribution in [0.5, 0.6) is 0 Å². The lowest BCUT2D eigenvalue weighted by Crippen LogP contribution is -2.38. The van der Waals surface area contributed by atoms with Crippen LogP contribution in [0.15, 0.2) is 24.3 Å². The van der Waals surface area contributed by atoms with Crippen LogP contribution in [0.1, 0.15) is 53.9 Å². The van der Waals surface area contributed by atoms with Crippen molar-refractivity contribution in [3.05, 3.63) is 52.5 Å². The van der Waals surface area contributed by atoms with Crippen LogP contribution in [0.4, 0.5) is 5.82 Å². The van der Waals surface area contributed by atoms with Crippen molar-refractivity contribution >= 4 is 17.6 Å². The highest BCUT2D eigenvalue weighted by Gasteiger charge is 2.26. The van der Waals surface area contributed by atoms with Gasteiger partial charge in [0.1, 0.15) is 11.6 Å². The molecule has 1 fully saturated rings. The van der Waals surface area contributed by atoms with Gasteiger partial charge in [-0.2, -0.15) is 0 Å². The number of aromatic nitrogens is 2. The number of likely N-dealkylation sites (tertiary alicyclic amines) is 1. The maximum atomic E-state index is 12.9. The van der Waals surface area contributed by atoms with E-state index in [-0.39, 0.29) is 17.7 Å². The van der Waals surface area contributed by atoms with Crippen molar-refractivity contribution in [1.29, 1.82) is 0 Å². The Hall–Kier alpha value is -2.96. The molecule has 1 aromatic heterocycles. The quantitative estimate of drug-likeness (QED) is 0.695. The van der Waals surface area contributed by atoms with Crippen LogP contribution in [0.3, 0.4) is 0 Å². The number of nitrogens with zero attached hydrogens (tertiary/aromatic N) is 5. The standard InChI is InChI=1S/C25H35N5O2/c1-17-9-10-20(12-18(17)2)13-24(32)29(6)16-22-14-23(28(4)5)27-25(26-22)21-8-7-11-30(15-21)19(3)31/h9-10,12,14,21H,7-8,11,13,15-16H2,1-6H3/t21-/m0/s1. The lowest BCUT2D eigenvalue weighted by Gasteiger charge is -2.31. The maximum absolute atomic E-state index is 12.9. The molecule has 32 heavy (non-hydrogen) atoms. The van der Waals surface area contributed by atoms with E-state index < -0.39 is 0 Å². The van der Waals surface area contributed by atoms with E-state index in [1.54, 1.807) is 11.8 Å². The Balaban J connectivity index is 1.76. The minimum absolute atomic E-state index is 0.0558. The minimum atomic E-state index is 0.0558. The summed E-state index contributed by atoms with van der Waals surface area (Å²) in [5.74, 6) is 1.84. The summed E-state index contributed by atoms with van der Waals surface area (Å²) in [7, 11) is 5.72. The van der Waals surface area contributed by atoms with E-state index in [0.717, 1.165) is 42.3 Å². The largest absolute Gasteiger partial charge is 0.363 e. The van der Waals surface area contributed by atoms with Crippen LogP contribution in [-0.2, 0) is 22.6 Å². The molecule has 1 atom stereocenters. The summed E-state index contributed by atoms with van der Waals surface area (Å²) in [6.07, 6.45) is 2.28. The van der Waals surface area contributed by atoms with Gasteiger partial charge in [-0.15, -0.1) is 0 Å². The van der Waals surface area contributed by atoms with Gasteiger partial charge in [-0.05, 0) is 43.4 Å². The molecule has 2 amide bonds. The summed E-state index contributed by atoms with van der Waals surface area (Å²) in [5, 5.41) is 0. The SMILES string of the molecule is CC(=O)N1CCC[C@H](c2nc(CN(C)C(=O)Cc3ccc(C)c(C)c3)cc(N(C)C)n2)C1. The Morgan fingerprint density at radius 1 is 1.09 bits per heavy atom. The molecule has 0 radical (unpaired) electrons. The van der Waals surface area contributed by atoms with E-state index in [0.29, 0.717) is 19.5 Å². The van der Waals surface area contributed by atoms with Gasteiger partial charge in [-0.25, -0.2) is 9.97 Å². The van der Waals surface area contributed by atoms with Crippen molar-refractivity contribution in [1.82, 2.24) is 19.8 Å². The van der Waals surface area contributed by atoms with Crippen molar-refractivity contribution in [3.63, 3.8) is 0 Å². The molecule has 7 heteroatoms. The molecule has 7 nitrogen and oxygen atoms in total. The summed E-state index contributed by atoms with van der Waals surface area (Å²) in [4.78, 5) is 39.9. The summed E-state index contributed by atoms with van der Waals surface area (Å²) in [6, 6.07) is 8.10. The van der Waals surface area contributed by atoms with Crippen LogP contribution >= 0.6 is 0 Å². The lowest BCUT2D eigenvalue weighted by atomic mass is 9.97. The van der Waals surface area contributed by atoms with Crippen LogP contribution < -0.4 is 4.90 Å². The van der Waals surface area contributed by atoms with Gasteiger partial charge in [0.25, 0.3) is 0 Å². The van der Waals surface area contributed by atoms with Crippen molar-refractivity contribution < 1.29 is 9.59 Å².